The van der Waals surface area contributed by atoms with Crippen molar-refractivity contribution in [2.24, 2.45) is 0 Å². The van der Waals surface area contributed by atoms with Gasteiger partial charge in [-0.2, -0.15) is 0 Å². The summed E-state index contributed by atoms with van der Waals surface area (Å²) in [4.78, 5) is 0. The average molecular weight is 287 g/mol. The van der Waals surface area contributed by atoms with E-state index in [9.17, 15) is 0 Å². The zero-order valence-electron chi connectivity index (χ0n) is 12.7. The van der Waals surface area contributed by atoms with Gasteiger partial charge in [-0.25, -0.2) is 4.68 Å². The van der Waals surface area contributed by atoms with Gasteiger partial charge in [-0.3, -0.25) is 0 Å². The normalized spacial score (nSPS) is 21.4. The Bertz CT molecular complexity index is 649. The van der Waals surface area contributed by atoms with E-state index < -0.39 is 0 Å². The minimum absolute atomic E-state index is 0.142. The smallest absolute Gasteiger partial charge is 0.182 e. The summed E-state index contributed by atoms with van der Waals surface area (Å²) < 4.78 is 7.70. The van der Waals surface area contributed by atoms with Gasteiger partial charge < -0.3 is 10.5 Å². The van der Waals surface area contributed by atoms with Crippen LogP contribution in [0.1, 0.15) is 38.3 Å². The van der Waals surface area contributed by atoms with Crippen LogP contribution in [0.4, 0.5) is 5.69 Å². The molecule has 112 valence electrons. The van der Waals surface area contributed by atoms with Gasteiger partial charge in [0.25, 0.3) is 0 Å². The fourth-order valence-electron chi connectivity index (χ4n) is 2.91. The van der Waals surface area contributed by atoms with Gasteiger partial charge in [0.05, 0.1) is 11.6 Å². The number of nitrogen functional groups attached to an aromatic ring is 1. The molecule has 2 heterocycles. The Balaban J connectivity index is 1.99. The maximum Gasteiger partial charge on any atom is 0.182 e. The second-order valence-electron chi connectivity index (χ2n) is 6.28. The van der Waals surface area contributed by atoms with Crippen molar-refractivity contribution in [1.29, 1.82) is 0 Å². The first-order valence-electron chi connectivity index (χ1n) is 7.24. The molecule has 0 saturated carbocycles. The van der Waals surface area contributed by atoms with Crippen LogP contribution in [0.5, 0.6) is 0 Å². The zero-order chi connectivity index (χ0) is 15.0. The molecule has 0 spiro atoms. The zero-order valence-corrected chi connectivity index (χ0v) is 12.7. The number of rotatable bonds is 2. The summed E-state index contributed by atoms with van der Waals surface area (Å²) in [5.41, 5.74) is 8.59. The summed E-state index contributed by atoms with van der Waals surface area (Å²) in [5, 5.41) is 12.3. The highest BCUT2D eigenvalue weighted by Gasteiger charge is 2.32. The number of nitrogens with zero attached hydrogens (tertiary/aromatic N) is 4. The van der Waals surface area contributed by atoms with E-state index in [0.717, 1.165) is 42.1 Å². The summed E-state index contributed by atoms with van der Waals surface area (Å²) >= 11 is 0. The maximum atomic E-state index is 5.91. The van der Waals surface area contributed by atoms with Gasteiger partial charge in [0.2, 0.25) is 0 Å². The molecule has 1 fully saturated rings. The van der Waals surface area contributed by atoms with Crippen molar-refractivity contribution in [2.75, 3.05) is 12.3 Å². The molecule has 0 bridgehead atoms. The van der Waals surface area contributed by atoms with Crippen LogP contribution in [0.25, 0.3) is 11.4 Å². The molecule has 2 aromatic rings. The van der Waals surface area contributed by atoms with Crippen molar-refractivity contribution in [3.63, 3.8) is 0 Å². The molecule has 0 amide bonds. The third-order valence-corrected chi connectivity index (χ3v) is 4.01. The largest absolute Gasteiger partial charge is 0.399 e. The summed E-state index contributed by atoms with van der Waals surface area (Å²) in [7, 11) is 0. The third kappa shape index (κ3) is 2.76. The van der Waals surface area contributed by atoms with E-state index in [-0.39, 0.29) is 11.6 Å². The highest BCUT2D eigenvalue weighted by molar-refractivity contribution is 5.65. The fourth-order valence-corrected chi connectivity index (χ4v) is 2.91. The predicted octanol–water partition coefficient (Wildman–Crippen LogP) is 2.36. The molecular formula is C15H21N5O. The number of nitrogens with two attached hydrogens (primary N) is 1. The van der Waals surface area contributed by atoms with E-state index in [1.807, 2.05) is 29.8 Å². The molecule has 6 heteroatoms. The second-order valence-corrected chi connectivity index (χ2v) is 6.28. The average Bonchev–Trinajstić information content (AvgIpc) is 2.89. The third-order valence-electron chi connectivity index (χ3n) is 4.01. The number of hydrogen-bond donors (Lipinski definition) is 1. The van der Waals surface area contributed by atoms with Crippen molar-refractivity contribution in [1.82, 2.24) is 20.2 Å². The van der Waals surface area contributed by atoms with Crippen LogP contribution in [-0.2, 0) is 4.74 Å². The molecule has 0 aliphatic carbocycles. The molecule has 21 heavy (non-hydrogen) atoms. The SMILES string of the molecule is Cc1ccc(N)cc1-c1nnnn1C1CCOC(C)(C)C1. The van der Waals surface area contributed by atoms with Crippen molar-refractivity contribution < 1.29 is 4.74 Å². The van der Waals surface area contributed by atoms with E-state index in [1.165, 1.54) is 0 Å². The van der Waals surface area contributed by atoms with E-state index in [4.69, 9.17) is 10.5 Å². The number of benzene rings is 1. The maximum absolute atomic E-state index is 5.91. The number of ether oxygens (including phenoxy) is 1. The molecule has 1 aliphatic rings. The van der Waals surface area contributed by atoms with Crippen LogP contribution < -0.4 is 5.73 Å². The lowest BCUT2D eigenvalue weighted by molar-refractivity contribution is -0.0707. The van der Waals surface area contributed by atoms with Crippen LogP contribution in [0.2, 0.25) is 0 Å². The Morgan fingerprint density at radius 2 is 2.19 bits per heavy atom. The molecule has 6 nitrogen and oxygen atoms in total. The number of anilines is 1. The molecule has 1 atom stereocenters. The lowest BCUT2D eigenvalue weighted by Gasteiger charge is -2.35. The highest BCUT2D eigenvalue weighted by atomic mass is 16.5. The topological polar surface area (TPSA) is 78.9 Å². The van der Waals surface area contributed by atoms with E-state index in [2.05, 4.69) is 29.4 Å². The minimum Gasteiger partial charge on any atom is -0.399 e. The summed E-state index contributed by atoms with van der Waals surface area (Å²) in [5.74, 6) is 0.780. The Kier molecular flexibility index (Phi) is 3.41. The van der Waals surface area contributed by atoms with E-state index >= 15 is 0 Å². The first kappa shape index (κ1) is 14.0. The molecule has 1 saturated heterocycles. The van der Waals surface area contributed by atoms with Crippen molar-refractivity contribution in [3.8, 4) is 11.4 Å². The molecular weight excluding hydrogens is 266 g/mol. The monoisotopic (exact) mass is 287 g/mol. The van der Waals surface area contributed by atoms with Crippen LogP contribution in [0, 0.1) is 6.92 Å². The van der Waals surface area contributed by atoms with Crippen molar-refractivity contribution >= 4 is 5.69 Å². The van der Waals surface area contributed by atoms with Gasteiger partial charge in [0, 0.05) is 17.9 Å². The first-order chi connectivity index (χ1) is 9.96. The summed E-state index contributed by atoms with van der Waals surface area (Å²) in [6, 6.07) is 6.07. The quantitative estimate of drug-likeness (QED) is 0.858. The summed E-state index contributed by atoms with van der Waals surface area (Å²) in [6.45, 7) is 6.98. The number of tetrazole rings is 1. The molecule has 0 radical (unpaired) electrons. The van der Waals surface area contributed by atoms with Crippen LogP contribution in [-0.4, -0.2) is 32.4 Å². The van der Waals surface area contributed by atoms with E-state index in [1.54, 1.807) is 0 Å². The first-order valence-corrected chi connectivity index (χ1v) is 7.24. The fraction of sp³-hybridized carbons (Fsp3) is 0.533. The minimum atomic E-state index is -0.142. The molecule has 3 rings (SSSR count). The number of aryl methyl sites for hydroxylation is 1. The molecule has 2 N–H and O–H groups in total. The van der Waals surface area contributed by atoms with Gasteiger partial charge in [-0.05, 0) is 61.7 Å². The van der Waals surface area contributed by atoms with Crippen LogP contribution in [0.3, 0.4) is 0 Å². The van der Waals surface area contributed by atoms with Crippen molar-refractivity contribution in [3.05, 3.63) is 23.8 Å². The second kappa shape index (κ2) is 5.11. The van der Waals surface area contributed by atoms with Crippen LogP contribution in [0.15, 0.2) is 18.2 Å². The predicted molar refractivity (Wildman–Crippen MR) is 80.7 cm³/mol. The Morgan fingerprint density at radius 1 is 1.38 bits per heavy atom. The Labute approximate surface area is 124 Å². The Morgan fingerprint density at radius 3 is 2.95 bits per heavy atom. The van der Waals surface area contributed by atoms with Gasteiger partial charge in [-0.15, -0.1) is 5.10 Å². The molecule has 1 aliphatic heterocycles. The van der Waals surface area contributed by atoms with Gasteiger partial charge in [0.15, 0.2) is 5.82 Å². The standard InChI is InChI=1S/C15H21N5O/c1-10-4-5-11(16)8-13(10)14-17-18-19-20(14)12-6-7-21-15(2,3)9-12/h4-5,8,12H,6-7,9,16H2,1-3H3. The molecule has 1 aromatic carbocycles. The Hall–Kier alpha value is -1.95. The van der Waals surface area contributed by atoms with Crippen LogP contribution >= 0.6 is 0 Å². The highest BCUT2D eigenvalue weighted by Crippen LogP contribution is 2.34. The number of hydrogen-bond acceptors (Lipinski definition) is 5. The lowest BCUT2D eigenvalue weighted by atomic mass is 9.93. The number of aromatic nitrogens is 4. The van der Waals surface area contributed by atoms with Gasteiger partial charge in [-0.1, -0.05) is 6.07 Å². The van der Waals surface area contributed by atoms with Gasteiger partial charge in [0.1, 0.15) is 0 Å². The van der Waals surface area contributed by atoms with Crippen molar-refractivity contribution in [2.45, 2.75) is 45.3 Å². The molecule has 1 unspecified atom stereocenters. The van der Waals surface area contributed by atoms with Gasteiger partial charge >= 0.3 is 0 Å². The van der Waals surface area contributed by atoms with E-state index in [0.29, 0.717) is 0 Å². The molecule has 1 aromatic heterocycles. The lowest BCUT2D eigenvalue weighted by Crippen LogP contribution is -2.35. The summed E-state index contributed by atoms with van der Waals surface area (Å²) in [6.07, 6.45) is 1.81.